The molecule has 0 atom stereocenters. The predicted molar refractivity (Wildman–Crippen MR) is 92.3 cm³/mol. The zero-order valence-corrected chi connectivity index (χ0v) is 14.3. The molecule has 5 nitrogen and oxygen atoms in total. The van der Waals surface area contributed by atoms with E-state index in [0.717, 1.165) is 35.1 Å². The Morgan fingerprint density at radius 1 is 1.32 bits per heavy atom. The number of benzene rings is 1. The second-order valence-corrected chi connectivity index (χ2v) is 5.84. The van der Waals surface area contributed by atoms with Gasteiger partial charge in [-0.2, -0.15) is 0 Å². The average molecular weight is 363 g/mol. The first-order valence-electron chi connectivity index (χ1n) is 7.24. The van der Waals surface area contributed by atoms with E-state index in [4.69, 9.17) is 0 Å². The minimum atomic E-state index is -0.259. The number of hydrogen-bond acceptors (Lipinski definition) is 4. The number of rotatable bonds is 6. The second kappa shape index (κ2) is 7.89. The molecule has 6 heteroatoms. The molecule has 1 aromatic carbocycles. The van der Waals surface area contributed by atoms with Gasteiger partial charge >= 0.3 is 0 Å². The maximum Gasteiger partial charge on any atom is 0.274 e. The summed E-state index contributed by atoms with van der Waals surface area (Å²) in [5.41, 5.74) is 2.17. The third kappa shape index (κ3) is 4.53. The summed E-state index contributed by atoms with van der Waals surface area (Å²) in [4.78, 5) is 20.6. The van der Waals surface area contributed by atoms with E-state index < -0.39 is 0 Å². The summed E-state index contributed by atoms with van der Waals surface area (Å²) in [5, 5.41) is 5.96. The van der Waals surface area contributed by atoms with Crippen LogP contribution in [0.25, 0.3) is 0 Å². The Balaban J connectivity index is 2.07. The SMILES string of the molecule is CCCCNc1nccc(C(=O)Nc2ccc(C)cc2Br)n1. The van der Waals surface area contributed by atoms with Gasteiger partial charge in [0, 0.05) is 17.2 Å². The number of unbranched alkanes of at least 4 members (excludes halogenated alkanes) is 1. The number of halogens is 1. The van der Waals surface area contributed by atoms with Crippen molar-refractivity contribution in [3.63, 3.8) is 0 Å². The highest BCUT2D eigenvalue weighted by atomic mass is 79.9. The van der Waals surface area contributed by atoms with Crippen LogP contribution in [0, 0.1) is 6.92 Å². The first-order valence-corrected chi connectivity index (χ1v) is 8.04. The average Bonchev–Trinajstić information content (AvgIpc) is 2.50. The molecule has 1 heterocycles. The maximum atomic E-state index is 12.3. The highest BCUT2D eigenvalue weighted by molar-refractivity contribution is 9.10. The van der Waals surface area contributed by atoms with Crippen LogP contribution in [0.1, 0.15) is 35.8 Å². The Labute approximate surface area is 138 Å². The molecule has 0 bridgehead atoms. The summed E-state index contributed by atoms with van der Waals surface area (Å²) in [6.07, 6.45) is 3.71. The minimum Gasteiger partial charge on any atom is -0.354 e. The van der Waals surface area contributed by atoms with Crippen LogP contribution in [0.3, 0.4) is 0 Å². The van der Waals surface area contributed by atoms with Gasteiger partial charge in [-0.15, -0.1) is 0 Å². The van der Waals surface area contributed by atoms with Crippen LogP contribution in [0.15, 0.2) is 34.9 Å². The molecule has 0 saturated heterocycles. The van der Waals surface area contributed by atoms with Gasteiger partial charge in [0.05, 0.1) is 5.69 Å². The summed E-state index contributed by atoms with van der Waals surface area (Å²) in [7, 11) is 0. The molecule has 1 amide bonds. The van der Waals surface area contributed by atoms with Crippen LogP contribution in [0.4, 0.5) is 11.6 Å². The normalized spacial score (nSPS) is 10.3. The third-order valence-electron chi connectivity index (χ3n) is 3.07. The third-order valence-corrected chi connectivity index (χ3v) is 3.73. The van der Waals surface area contributed by atoms with Gasteiger partial charge in [-0.05, 0) is 53.0 Å². The molecule has 1 aromatic heterocycles. The first-order chi connectivity index (χ1) is 10.6. The number of aryl methyl sites for hydroxylation is 1. The van der Waals surface area contributed by atoms with Crippen LogP contribution >= 0.6 is 15.9 Å². The summed E-state index contributed by atoms with van der Waals surface area (Å²) in [5.74, 6) is 0.217. The molecule has 2 aromatic rings. The van der Waals surface area contributed by atoms with Crippen molar-refractivity contribution in [1.29, 1.82) is 0 Å². The molecular weight excluding hydrogens is 344 g/mol. The number of amides is 1. The first kappa shape index (κ1) is 16.4. The predicted octanol–water partition coefficient (Wildman–Crippen LogP) is 4.01. The maximum absolute atomic E-state index is 12.3. The van der Waals surface area contributed by atoms with Crippen LogP contribution in [-0.2, 0) is 0 Å². The molecule has 0 spiro atoms. The van der Waals surface area contributed by atoms with Crippen LogP contribution < -0.4 is 10.6 Å². The fourth-order valence-corrected chi connectivity index (χ4v) is 2.45. The van der Waals surface area contributed by atoms with E-state index in [1.54, 1.807) is 12.3 Å². The molecule has 0 unspecified atom stereocenters. The molecule has 0 aliphatic carbocycles. The van der Waals surface area contributed by atoms with E-state index in [0.29, 0.717) is 11.6 Å². The fourth-order valence-electron chi connectivity index (χ4n) is 1.86. The fraction of sp³-hybridized carbons (Fsp3) is 0.312. The molecule has 0 radical (unpaired) electrons. The summed E-state index contributed by atoms with van der Waals surface area (Å²) < 4.78 is 0.844. The van der Waals surface area contributed by atoms with Gasteiger partial charge in [0.15, 0.2) is 0 Å². The van der Waals surface area contributed by atoms with E-state index in [9.17, 15) is 4.79 Å². The summed E-state index contributed by atoms with van der Waals surface area (Å²) >= 11 is 3.44. The topological polar surface area (TPSA) is 66.9 Å². The van der Waals surface area contributed by atoms with Gasteiger partial charge in [-0.3, -0.25) is 4.79 Å². The van der Waals surface area contributed by atoms with E-state index in [-0.39, 0.29) is 5.91 Å². The van der Waals surface area contributed by atoms with Crippen molar-refractivity contribution in [1.82, 2.24) is 9.97 Å². The van der Waals surface area contributed by atoms with Gasteiger partial charge in [-0.1, -0.05) is 19.4 Å². The second-order valence-electron chi connectivity index (χ2n) is 4.98. The largest absolute Gasteiger partial charge is 0.354 e. The molecular formula is C16H19BrN4O. The molecule has 2 rings (SSSR count). The lowest BCUT2D eigenvalue weighted by Gasteiger charge is -2.09. The Bertz CT molecular complexity index is 660. The molecule has 0 aliphatic rings. The minimum absolute atomic E-state index is 0.259. The quantitative estimate of drug-likeness (QED) is 0.761. The molecule has 0 saturated carbocycles. The smallest absolute Gasteiger partial charge is 0.274 e. The Kier molecular flexibility index (Phi) is 5.89. The summed E-state index contributed by atoms with van der Waals surface area (Å²) in [6, 6.07) is 7.35. The zero-order chi connectivity index (χ0) is 15.9. The highest BCUT2D eigenvalue weighted by Crippen LogP contribution is 2.23. The number of carbonyl (C=O) groups is 1. The van der Waals surface area contributed by atoms with Gasteiger partial charge in [0.1, 0.15) is 5.69 Å². The number of anilines is 2. The number of aromatic nitrogens is 2. The van der Waals surface area contributed by atoms with Crippen LogP contribution in [0.2, 0.25) is 0 Å². The lowest BCUT2D eigenvalue weighted by molar-refractivity contribution is 0.102. The van der Waals surface area contributed by atoms with Gasteiger partial charge in [0.2, 0.25) is 5.95 Å². The van der Waals surface area contributed by atoms with E-state index in [2.05, 4.69) is 43.5 Å². The van der Waals surface area contributed by atoms with Crippen LogP contribution in [0.5, 0.6) is 0 Å². The van der Waals surface area contributed by atoms with E-state index in [1.807, 2.05) is 25.1 Å². The molecule has 0 aliphatic heterocycles. The highest BCUT2D eigenvalue weighted by Gasteiger charge is 2.11. The lowest BCUT2D eigenvalue weighted by atomic mass is 10.2. The van der Waals surface area contributed by atoms with Gasteiger partial charge in [-0.25, -0.2) is 9.97 Å². The number of nitrogens with one attached hydrogen (secondary N) is 2. The molecule has 116 valence electrons. The number of nitrogens with zero attached hydrogens (tertiary/aromatic N) is 2. The number of carbonyl (C=O) groups excluding carboxylic acids is 1. The van der Waals surface area contributed by atoms with E-state index in [1.165, 1.54) is 0 Å². The molecule has 0 fully saturated rings. The van der Waals surface area contributed by atoms with Crippen molar-refractivity contribution in [2.45, 2.75) is 26.7 Å². The Morgan fingerprint density at radius 2 is 2.14 bits per heavy atom. The summed E-state index contributed by atoms with van der Waals surface area (Å²) in [6.45, 7) is 4.91. The standard InChI is InChI=1S/C16H19BrN4O/c1-3-4-8-18-16-19-9-7-14(21-16)15(22)20-13-6-5-11(2)10-12(13)17/h5-7,9-10H,3-4,8H2,1-2H3,(H,20,22)(H,18,19,21). The van der Waals surface area contributed by atoms with Gasteiger partial charge in [0.25, 0.3) is 5.91 Å². The zero-order valence-electron chi connectivity index (χ0n) is 12.7. The Morgan fingerprint density at radius 3 is 2.86 bits per heavy atom. The Hall–Kier alpha value is -1.95. The monoisotopic (exact) mass is 362 g/mol. The van der Waals surface area contributed by atoms with Crippen molar-refractivity contribution in [2.75, 3.05) is 17.2 Å². The molecule has 2 N–H and O–H groups in total. The number of hydrogen-bond donors (Lipinski definition) is 2. The van der Waals surface area contributed by atoms with Crippen LogP contribution in [-0.4, -0.2) is 22.4 Å². The van der Waals surface area contributed by atoms with Crippen molar-refractivity contribution in [3.05, 3.63) is 46.2 Å². The van der Waals surface area contributed by atoms with Crippen molar-refractivity contribution < 1.29 is 4.79 Å². The van der Waals surface area contributed by atoms with Crippen molar-refractivity contribution >= 4 is 33.5 Å². The lowest BCUT2D eigenvalue weighted by Crippen LogP contribution is -2.16. The van der Waals surface area contributed by atoms with Crippen molar-refractivity contribution in [2.24, 2.45) is 0 Å². The molecule has 22 heavy (non-hydrogen) atoms. The van der Waals surface area contributed by atoms with E-state index >= 15 is 0 Å². The van der Waals surface area contributed by atoms with Gasteiger partial charge < -0.3 is 10.6 Å². The van der Waals surface area contributed by atoms with Crippen molar-refractivity contribution in [3.8, 4) is 0 Å².